The van der Waals surface area contributed by atoms with Crippen LogP contribution in [0.4, 0.5) is 0 Å². The van der Waals surface area contributed by atoms with E-state index in [0.29, 0.717) is 25.8 Å². The Morgan fingerprint density at radius 2 is 1.96 bits per heavy atom. The summed E-state index contributed by atoms with van der Waals surface area (Å²) in [6.07, 6.45) is 2.34. The number of carboxylic acids is 1. The van der Waals surface area contributed by atoms with E-state index in [0.717, 1.165) is 18.2 Å². The first kappa shape index (κ1) is 19.1. The average Bonchev–Trinajstić information content (AvgIpc) is 3.20. The standard InChI is InChI=1S/C16H24N2O5S/c1-10(9-24-11(2)19)14(20)18(8-4-6-13(18)16(22)23)15(21)12-5-3-7-17-12/h10,12-13,17H,3-9H2,1-2H3/p+1/t10?,12?,13-,18-/m0/s1. The van der Waals surface area contributed by atoms with Gasteiger partial charge in [-0.1, -0.05) is 11.8 Å². The van der Waals surface area contributed by atoms with E-state index in [2.05, 4.69) is 5.32 Å². The number of amides is 2. The van der Waals surface area contributed by atoms with E-state index in [9.17, 15) is 24.3 Å². The fourth-order valence-corrected chi connectivity index (χ4v) is 4.37. The molecule has 0 aromatic rings. The Morgan fingerprint density at radius 1 is 1.25 bits per heavy atom. The highest BCUT2D eigenvalue weighted by Crippen LogP contribution is 2.33. The van der Waals surface area contributed by atoms with E-state index in [1.807, 2.05) is 0 Å². The molecule has 0 radical (unpaired) electrons. The lowest BCUT2D eigenvalue weighted by Crippen LogP contribution is -2.67. The average molecular weight is 357 g/mol. The summed E-state index contributed by atoms with van der Waals surface area (Å²) in [5.74, 6) is -2.07. The van der Waals surface area contributed by atoms with E-state index in [1.54, 1.807) is 6.92 Å². The molecule has 2 aliphatic rings. The van der Waals surface area contributed by atoms with Gasteiger partial charge in [-0.15, -0.1) is 0 Å². The molecule has 2 fully saturated rings. The zero-order valence-electron chi connectivity index (χ0n) is 14.1. The minimum absolute atomic E-state index is 0.0961. The van der Waals surface area contributed by atoms with Crippen LogP contribution in [-0.2, 0) is 19.2 Å². The van der Waals surface area contributed by atoms with Crippen LogP contribution in [0, 0.1) is 5.92 Å². The number of nitrogens with zero attached hydrogens (tertiary/aromatic N) is 1. The Kier molecular flexibility index (Phi) is 6.17. The van der Waals surface area contributed by atoms with Crippen LogP contribution in [0.25, 0.3) is 0 Å². The predicted octanol–water partition coefficient (Wildman–Crippen LogP) is 0.771. The molecule has 7 nitrogen and oxygen atoms in total. The Balaban J connectivity index is 2.31. The van der Waals surface area contributed by atoms with E-state index < -0.39 is 28.5 Å². The van der Waals surface area contributed by atoms with Crippen LogP contribution in [0.1, 0.15) is 39.5 Å². The summed E-state index contributed by atoms with van der Waals surface area (Å²) >= 11 is 1.03. The molecule has 2 amide bonds. The van der Waals surface area contributed by atoms with Crippen molar-refractivity contribution in [3.8, 4) is 0 Å². The van der Waals surface area contributed by atoms with Crippen molar-refractivity contribution in [1.29, 1.82) is 0 Å². The molecule has 0 aromatic heterocycles. The second kappa shape index (κ2) is 7.76. The Bertz CT molecular complexity index is 547. The maximum atomic E-state index is 13.1. The molecule has 2 saturated heterocycles. The fraction of sp³-hybridized carbons (Fsp3) is 0.750. The van der Waals surface area contributed by atoms with Gasteiger partial charge in [-0.25, -0.2) is 14.4 Å². The smallest absolute Gasteiger partial charge is 0.363 e. The third-order valence-corrected chi connectivity index (χ3v) is 5.98. The molecule has 0 aliphatic carbocycles. The van der Waals surface area contributed by atoms with Crippen molar-refractivity contribution in [2.45, 2.75) is 51.6 Å². The molecular formula is C16H25N2O5S+. The summed E-state index contributed by atoms with van der Waals surface area (Å²) in [5, 5.41) is 12.6. The van der Waals surface area contributed by atoms with Crippen molar-refractivity contribution < 1.29 is 28.8 Å². The monoisotopic (exact) mass is 357 g/mol. The molecule has 4 atom stereocenters. The van der Waals surface area contributed by atoms with Crippen molar-refractivity contribution in [3.05, 3.63) is 0 Å². The normalized spacial score (nSPS) is 30.9. The first-order valence-corrected chi connectivity index (χ1v) is 9.35. The second-order valence-corrected chi connectivity index (χ2v) is 7.81. The number of nitrogens with one attached hydrogen (secondary N) is 1. The molecule has 0 spiro atoms. The number of carboxylic acid groups (broad SMARTS) is 1. The van der Waals surface area contributed by atoms with Crippen molar-refractivity contribution in [1.82, 2.24) is 5.32 Å². The number of carbonyl (C=O) groups is 4. The number of thioether (sulfide) groups is 1. The highest BCUT2D eigenvalue weighted by Gasteiger charge is 2.60. The van der Waals surface area contributed by atoms with Gasteiger partial charge < -0.3 is 10.4 Å². The van der Waals surface area contributed by atoms with Gasteiger partial charge in [0.25, 0.3) is 0 Å². The highest BCUT2D eigenvalue weighted by molar-refractivity contribution is 8.13. The number of hydrogen-bond donors (Lipinski definition) is 2. The lowest BCUT2D eigenvalue weighted by Gasteiger charge is -2.36. The van der Waals surface area contributed by atoms with E-state index in [-0.39, 0.29) is 29.2 Å². The summed E-state index contributed by atoms with van der Waals surface area (Å²) < 4.78 is -0.605. The van der Waals surface area contributed by atoms with Crippen LogP contribution in [-0.4, -0.2) is 63.4 Å². The quantitative estimate of drug-likeness (QED) is 0.701. The third-order valence-electron chi connectivity index (χ3n) is 4.91. The molecule has 24 heavy (non-hydrogen) atoms. The summed E-state index contributed by atoms with van der Waals surface area (Å²) in [4.78, 5) is 49.1. The highest BCUT2D eigenvalue weighted by atomic mass is 32.2. The van der Waals surface area contributed by atoms with Gasteiger partial charge in [0.15, 0.2) is 5.12 Å². The van der Waals surface area contributed by atoms with Crippen LogP contribution in [0.5, 0.6) is 0 Å². The van der Waals surface area contributed by atoms with Gasteiger partial charge in [0.2, 0.25) is 6.04 Å². The minimum atomic E-state index is -1.10. The van der Waals surface area contributed by atoms with E-state index >= 15 is 0 Å². The molecule has 2 N–H and O–H groups in total. The van der Waals surface area contributed by atoms with Gasteiger partial charge in [-0.3, -0.25) is 4.79 Å². The fourth-order valence-electron chi connectivity index (χ4n) is 3.74. The number of carbonyl (C=O) groups excluding carboxylic acids is 3. The number of likely N-dealkylation sites (tertiary alicyclic amines) is 1. The summed E-state index contributed by atoms with van der Waals surface area (Å²) in [6, 6.07) is -1.47. The number of aliphatic carboxylic acids is 1. The first-order valence-electron chi connectivity index (χ1n) is 8.36. The van der Waals surface area contributed by atoms with Gasteiger partial charge in [0.1, 0.15) is 6.04 Å². The van der Waals surface area contributed by atoms with Crippen molar-refractivity contribution in [2.75, 3.05) is 18.8 Å². The number of quaternary nitrogens is 1. The van der Waals surface area contributed by atoms with E-state index in [1.165, 1.54) is 6.92 Å². The molecule has 2 unspecified atom stereocenters. The molecule has 0 aromatic carbocycles. The summed E-state index contributed by atoms with van der Waals surface area (Å²) in [6.45, 7) is 4.04. The number of imide groups is 1. The molecule has 2 aliphatic heterocycles. The van der Waals surface area contributed by atoms with E-state index in [4.69, 9.17) is 0 Å². The van der Waals surface area contributed by atoms with Gasteiger partial charge in [-0.05, 0) is 26.3 Å². The lowest BCUT2D eigenvalue weighted by molar-refractivity contribution is -0.785. The molecule has 0 saturated carbocycles. The molecule has 2 rings (SSSR count). The lowest BCUT2D eigenvalue weighted by atomic mass is 10.0. The number of rotatable bonds is 5. The zero-order valence-corrected chi connectivity index (χ0v) is 14.9. The largest absolute Gasteiger partial charge is 0.477 e. The molecule has 8 heteroatoms. The predicted molar refractivity (Wildman–Crippen MR) is 89.1 cm³/mol. The van der Waals surface area contributed by atoms with Crippen molar-refractivity contribution in [3.63, 3.8) is 0 Å². The number of hydrogen-bond acceptors (Lipinski definition) is 6. The molecule has 134 valence electrons. The maximum absolute atomic E-state index is 13.1. The Morgan fingerprint density at radius 3 is 2.50 bits per heavy atom. The molecular weight excluding hydrogens is 332 g/mol. The minimum Gasteiger partial charge on any atom is -0.477 e. The van der Waals surface area contributed by atoms with Crippen LogP contribution >= 0.6 is 11.8 Å². The first-order chi connectivity index (χ1) is 11.3. The van der Waals surface area contributed by atoms with Crippen LogP contribution in [0.3, 0.4) is 0 Å². The topological polar surface area (TPSA) is 101 Å². The molecule has 0 bridgehead atoms. The third kappa shape index (κ3) is 3.55. The van der Waals surface area contributed by atoms with Crippen molar-refractivity contribution in [2.24, 2.45) is 5.92 Å². The van der Waals surface area contributed by atoms with Crippen LogP contribution in [0.2, 0.25) is 0 Å². The van der Waals surface area contributed by atoms with Gasteiger partial charge in [0.05, 0.1) is 12.5 Å². The molecule has 2 heterocycles. The van der Waals surface area contributed by atoms with Crippen LogP contribution in [0.15, 0.2) is 0 Å². The van der Waals surface area contributed by atoms with Gasteiger partial charge in [0, 0.05) is 25.5 Å². The SMILES string of the molecule is CC(=O)SCC(C)C(=O)[N@+]1(C(=O)C2CCCN2)CCC[C@H]1C(=O)O. The second-order valence-electron chi connectivity index (χ2n) is 6.62. The van der Waals surface area contributed by atoms with Crippen LogP contribution < -0.4 is 5.32 Å². The van der Waals surface area contributed by atoms with Gasteiger partial charge >= 0.3 is 17.8 Å². The maximum Gasteiger partial charge on any atom is 0.363 e. The Labute approximate surface area is 145 Å². The Hall–Kier alpha value is -1.25. The van der Waals surface area contributed by atoms with Gasteiger partial charge in [-0.2, -0.15) is 4.48 Å². The summed E-state index contributed by atoms with van der Waals surface area (Å²) in [5.41, 5.74) is 0. The van der Waals surface area contributed by atoms with Crippen molar-refractivity contribution >= 4 is 34.7 Å². The summed E-state index contributed by atoms with van der Waals surface area (Å²) in [7, 11) is 0. The zero-order chi connectivity index (χ0) is 17.9.